The van der Waals surface area contributed by atoms with E-state index >= 15 is 0 Å². The van der Waals surface area contributed by atoms with Gasteiger partial charge in [-0.05, 0) is 48.3 Å². The summed E-state index contributed by atoms with van der Waals surface area (Å²) in [6, 6.07) is 6.61. The van der Waals surface area contributed by atoms with Crippen LogP contribution in [-0.2, 0) is 4.79 Å². The third-order valence-corrected chi connectivity index (χ3v) is 6.50. The van der Waals surface area contributed by atoms with Gasteiger partial charge in [0.1, 0.15) is 0 Å². The minimum Gasteiger partial charge on any atom is -0.368 e. The molecule has 4 heteroatoms. The second kappa shape index (κ2) is 5.09. The van der Waals surface area contributed by atoms with E-state index in [1.165, 1.54) is 6.42 Å². The molecule has 3 nitrogen and oxygen atoms in total. The molecule has 2 fully saturated rings. The number of nitrogens with zero attached hydrogens (tertiary/aromatic N) is 1. The molecule has 3 atom stereocenters. The second-order valence-electron chi connectivity index (χ2n) is 7.43. The van der Waals surface area contributed by atoms with Crippen LogP contribution in [0.2, 0.25) is 5.02 Å². The maximum Gasteiger partial charge on any atom is 0.246 e. The average molecular weight is 319 g/mol. The van der Waals surface area contributed by atoms with Gasteiger partial charge in [-0.25, -0.2) is 0 Å². The van der Waals surface area contributed by atoms with E-state index in [1.807, 2.05) is 12.1 Å². The van der Waals surface area contributed by atoms with Gasteiger partial charge in [-0.15, -0.1) is 0 Å². The van der Waals surface area contributed by atoms with E-state index in [9.17, 15) is 4.79 Å². The number of carbonyl (C=O) groups excluding carboxylic acids is 1. The van der Waals surface area contributed by atoms with Gasteiger partial charge in [-0.1, -0.05) is 44.5 Å². The zero-order valence-electron chi connectivity index (χ0n) is 13.4. The first-order valence-electron chi connectivity index (χ1n) is 7.87. The van der Waals surface area contributed by atoms with Gasteiger partial charge in [-0.2, -0.15) is 0 Å². The number of primary amides is 1. The summed E-state index contributed by atoms with van der Waals surface area (Å²) >= 11 is 5.93. The molecule has 2 saturated carbocycles. The van der Waals surface area contributed by atoms with Crippen molar-refractivity contribution in [2.75, 3.05) is 0 Å². The highest BCUT2D eigenvalue weighted by molar-refractivity contribution is 6.30. The fourth-order valence-electron chi connectivity index (χ4n) is 4.23. The Morgan fingerprint density at radius 1 is 1.32 bits per heavy atom. The Bertz CT molecular complexity index is 635. The average Bonchev–Trinajstić information content (AvgIpc) is 2.78. The number of carbonyl (C=O) groups is 1. The molecule has 2 N–H and O–H groups in total. The van der Waals surface area contributed by atoms with Gasteiger partial charge < -0.3 is 5.73 Å². The van der Waals surface area contributed by atoms with Gasteiger partial charge in [0.2, 0.25) is 5.91 Å². The normalized spacial score (nSPS) is 32.4. The fraction of sp³-hybridized carbons (Fsp3) is 0.556. The molecule has 2 aliphatic rings. The molecule has 3 rings (SSSR count). The number of aliphatic imine (C=N–C) groups is 1. The zero-order chi connectivity index (χ0) is 16.1. The molecule has 0 unspecified atom stereocenters. The van der Waals surface area contributed by atoms with Crippen LogP contribution in [0, 0.1) is 16.7 Å². The molecule has 1 aromatic carbocycles. The summed E-state index contributed by atoms with van der Waals surface area (Å²) in [4.78, 5) is 16.8. The highest BCUT2D eigenvalue weighted by atomic mass is 35.5. The van der Waals surface area contributed by atoms with Crippen LogP contribution in [0.5, 0.6) is 0 Å². The Labute approximate surface area is 136 Å². The van der Waals surface area contributed by atoms with E-state index in [4.69, 9.17) is 22.3 Å². The number of halogens is 1. The van der Waals surface area contributed by atoms with E-state index in [0.29, 0.717) is 10.9 Å². The topological polar surface area (TPSA) is 55.4 Å². The lowest BCUT2D eigenvalue weighted by atomic mass is 9.70. The molecule has 2 bridgehead atoms. The Hall–Kier alpha value is -1.35. The predicted molar refractivity (Wildman–Crippen MR) is 90.1 cm³/mol. The van der Waals surface area contributed by atoms with Crippen molar-refractivity contribution >= 4 is 23.2 Å². The van der Waals surface area contributed by atoms with Gasteiger partial charge in [0.05, 0.1) is 0 Å². The molecule has 0 aromatic heterocycles. The van der Waals surface area contributed by atoms with E-state index in [1.54, 1.807) is 12.1 Å². The van der Waals surface area contributed by atoms with Crippen molar-refractivity contribution in [1.29, 1.82) is 0 Å². The number of hydrogen-bond donors (Lipinski definition) is 1. The van der Waals surface area contributed by atoms with Crippen LogP contribution in [0.3, 0.4) is 0 Å². The summed E-state index contributed by atoms with van der Waals surface area (Å²) in [5, 5.41) is 0.646. The SMILES string of the molecule is CC1(C)[C@@H]2CC[C@@]1(C)C(=N[C@H](C(N)=O)c1ccc(Cl)cc1)C2. The highest BCUT2D eigenvalue weighted by Gasteiger charge is 2.59. The van der Waals surface area contributed by atoms with Crippen molar-refractivity contribution in [3.05, 3.63) is 34.9 Å². The molecule has 0 heterocycles. The Balaban J connectivity index is 1.98. The largest absolute Gasteiger partial charge is 0.368 e. The summed E-state index contributed by atoms with van der Waals surface area (Å²) in [5.41, 5.74) is 7.91. The number of fused-ring (bicyclic) bond motifs is 2. The Morgan fingerprint density at radius 2 is 1.95 bits per heavy atom. The molecule has 0 saturated heterocycles. The van der Waals surface area contributed by atoms with E-state index < -0.39 is 11.9 Å². The summed E-state index contributed by atoms with van der Waals surface area (Å²) in [5.74, 6) is 0.258. The van der Waals surface area contributed by atoms with Crippen LogP contribution in [-0.4, -0.2) is 11.6 Å². The van der Waals surface area contributed by atoms with Crippen molar-refractivity contribution in [2.45, 2.75) is 46.1 Å². The molecule has 0 radical (unpaired) electrons. The number of rotatable bonds is 3. The van der Waals surface area contributed by atoms with Crippen LogP contribution < -0.4 is 5.73 Å². The number of nitrogens with two attached hydrogens (primary N) is 1. The third-order valence-electron chi connectivity index (χ3n) is 6.25. The first-order valence-corrected chi connectivity index (χ1v) is 8.25. The highest BCUT2D eigenvalue weighted by Crippen LogP contribution is 2.64. The summed E-state index contributed by atoms with van der Waals surface area (Å²) in [6.07, 6.45) is 3.39. The van der Waals surface area contributed by atoms with Crippen LogP contribution in [0.15, 0.2) is 29.3 Å². The maximum atomic E-state index is 11.9. The lowest BCUT2D eigenvalue weighted by molar-refractivity contribution is -0.119. The zero-order valence-corrected chi connectivity index (χ0v) is 14.2. The molecular formula is C18H23ClN2O. The molecule has 0 spiro atoms. The van der Waals surface area contributed by atoms with Gasteiger partial charge in [0.25, 0.3) is 0 Å². The lowest BCUT2D eigenvalue weighted by Crippen LogP contribution is -2.33. The molecule has 1 amide bonds. The van der Waals surface area contributed by atoms with Crippen LogP contribution >= 0.6 is 11.6 Å². The van der Waals surface area contributed by atoms with Crippen LogP contribution in [0.4, 0.5) is 0 Å². The van der Waals surface area contributed by atoms with Crippen molar-refractivity contribution in [1.82, 2.24) is 0 Å². The second-order valence-corrected chi connectivity index (χ2v) is 7.86. The summed E-state index contributed by atoms with van der Waals surface area (Å²) < 4.78 is 0. The quantitative estimate of drug-likeness (QED) is 0.894. The number of benzene rings is 1. The Morgan fingerprint density at radius 3 is 2.41 bits per heavy atom. The lowest BCUT2D eigenvalue weighted by Gasteiger charge is -2.35. The molecule has 1 aromatic rings. The van der Waals surface area contributed by atoms with Gasteiger partial charge in [-0.3, -0.25) is 9.79 Å². The Kier molecular flexibility index (Phi) is 3.59. The van der Waals surface area contributed by atoms with E-state index in [0.717, 1.165) is 24.1 Å². The summed E-state index contributed by atoms with van der Waals surface area (Å²) in [7, 11) is 0. The molecule has 118 valence electrons. The molecule has 2 aliphatic carbocycles. The molecule has 22 heavy (non-hydrogen) atoms. The molecular weight excluding hydrogens is 296 g/mol. The predicted octanol–water partition coefficient (Wildman–Crippen LogP) is 4.15. The van der Waals surface area contributed by atoms with Crippen molar-refractivity contribution in [2.24, 2.45) is 27.5 Å². The monoisotopic (exact) mass is 318 g/mol. The van der Waals surface area contributed by atoms with E-state index in [-0.39, 0.29) is 10.8 Å². The summed E-state index contributed by atoms with van der Waals surface area (Å²) in [6.45, 7) is 6.95. The third kappa shape index (κ3) is 2.18. The van der Waals surface area contributed by atoms with Crippen LogP contribution in [0.25, 0.3) is 0 Å². The standard InChI is InChI=1S/C18H23ClN2O/c1-17(2)12-8-9-18(17,3)14(10-12)21-15(16(20)22)11-4-6-13(19)7-5-11/h4-7,12,15H,8-10H2,1-3H3,(H2,20,22)/t12-,15+,18+/m1/s1. The molecule has 0 aliphatic heterocycles. The fourth-order valence-corrected chi connectivity index (χ4v) is 4.35. The maximum absolute atomic E-state index is 11.9. The minimum absolute atomic E-state index is 0.0811. The smallest absolute Gasteiger partial charge is 0.246 e. The van der Waals surface area contributed by atoms with Crippen molar-refractivity contribution in [3.63, 3.8) is 0 Å². The first-order chi connectivity index (χ1) is 10.3. The number of amides is 1. The van der Waals surface area contributed by atoms with Gasteiger partial charge in [0.15, 0.2) is 6.04 Å². The first kappa shape index (κ1) is 15.5. The van der Waals surface area contributed by atoms with Gasteiger partial charge >= 0.3 is 0 Å². The van der Waals surface area contributed by atoms with Gasteiger partial charge in [0, 0.05) is 16.1 Å². The van der Waals surface area contributed by atoms with Crippen molar-refractivity contribution < 1.29 is 4.79 Å². The number of hydrogen-bond acceptors (Lipinski definition) is 2. The van der Waals surface area contributed by atoms with Crippen LogP contribution in [0.1, 0.15) is 51.6 Å². The van der Waals surface area contributed by atoms with Crippen molar-refractivity contribution in [3.8, 4) is 0 Å². The van der Waals surface area contributed by atoms with E-state index in [2.05, 4.69) is 20.8 Å². The minimum atomic E-state index is -0.612.